The van der Waals surface area contributed by atoms with Crippen LogP contribution in [0.1, 0.15) is 28.5 Å². The van der Waals surface area contributed by atoms with E-state index in [1.807, 2.05) is 11.8 Å². The van der Waals surface area contributed by atoms with Crippen LogP contribution in [-0.2, 0) is 0 Å². The van der Waals surface area contributed by atoms with E-state index in [1.54, 1.807) is 17.7 Å². The number of hydrogen-bond donors (Lipinski definition) is 1. The van der Waals surface area contributed by atoms with Crippen LogP contribution in [0.15, 0.2) is 35.5 Å². The maximum absolute atomic E-state index is 4.53. The first-order valence-electron chi connectivity index (χ1n) is 7.43. The molecule has 0 radical (unpaired) electrons. The molecule has 2 aromatic heterocycles. The summed E-state index contributed by atoms with van der Waals surface area (Å²) in [7, 11) is 0. The van der Waals surface area contributed by atoms with Crippen molar-refractivity contribution in [2.45, 2.75) is 31.2 Å². The maximum Gasteiger partial charge on any atom is 0.138 e. The van der Waals surface area contributed by atoms with Crippen molar-refractivity contribution < 1.29 is 0 Å². The molecular weight excluding hydrogens is 310 g/mol. The number of thioether (sulfide) groups is 1. The quantitative estimate of drug-likeness (QED) is 0.722. The molecule has 0 unspecified atom stereocenters. The summed E-state index contributed by atoms with van der Waals surface area (Å²) in [5.41, 5.74) is 2.68. The van der Waals surface area contributed by atoms with Crippen molar-refractivity contribution in [3.05, 3.63) is 46.6 Å². The highest BCUT2D eigenvalue weighted by molar-refractivity contribution is 7.99. The van der Waals surface area contributed by atoms with E-state index in [9.17, 15) is 0 Å². The molecule has 1 aliphatic heterocycles. The predicted octanol–water partition coefficient (Wildman–Crippen LogP) is 4.96. The summed E-state index contributed by atoms with van der Waals surface area (Å²) in [5.74, 6) is 2.11. The molecule has 0 fully saturated rings. The zero-order valence-electron chi connectivity index (χ0n) is 12.6. The molecule has 0 aliphatic carbocycles. The minimum absolute atomic E-state index is 0.329. The van der Waals surface area contributed by atoms with Gasteiger partial charge >= 0.3 is 0 Å². The average molecular weight is 327 g/mol. The molecule has 0 saturated heterocycles. The first-order valence-corrected chi connectivity index (χ1v) is 9.23. The lowest BCUT2D eigenvalue weighted by Gasteiger charge is -2.26. The predicted molar refractivity (Wildman–Crippen MR) is 95.0 cm³/mol. The number of nitrogens with one attached hydrogen (secondary N) is 1. The van der Waals surface area contributed by atoms with Crippen LogP contribution < -0.4 is 5.32 Å². The van der Waals surface area contributed by atoms with Gasteiger partial charge in [0.05, 0.1) is 11.4 Å². The van der Waals surface area contributed by atoms with Crippen LogP contribution in [0.25, 0.3) is 10.2 Å². The smallest absolute Gasteiger partial charge is 0.138 e. The molecule has 0 saturated carbocycles. The van der Waals surface area contributed by atoms with Gasteiger partial charge in [0, 0.05) is 15.5 Å². The number of nitrogens with zero attached hydrogens (tertiary/aromatic N) is 2. The summed E-state index contributed by atoms with van der Waals surface area (Å²) in [6.45, 7) is 4.31. The Hall–Kier alpha value is -1.59. The SMILES string of the molecule is Cc1sc2ncnc(N[C@H]3CCSc4ccccc43)c2c1C. The van der Waals surface area contributed by atoms with Crippen molar-refractivity contribution >= 4 is 39.1 Å². The van der Waals surface area contributed by atoms with Gasteiger partial charge in [-0.15, -0.1) is 23.1 Å². The minimum atomic E-state index is 0.329. The van der Waals surface area contributed by atoms with E-state index in [0.29, 0.717) is 6.04 Å². The second-order valence-electron chi connectivity index (χ2n) is 5.56. The standard InChI is InChI=1S/C17H17N3S2/c1-10-11(2)22-17-15(10)16(18-9-19-17)20-13-7-8-21-14-6-4-3-5-12(13)14/h3-6,9,13H,7-8H2,1-2H3,(H,18,19,20)/t13-/m0/s1. The van der Waals surface area contributed by atoms with Gasteiger partial charge in [0.15, 0.2) is 0 Å². The molecule has 0 amide bonds. The molecule has 1 atom stereocenters. The van der Waals surface area contributed by atoms with Crippen LogP contribution in [0.3, 0.4) is 0 Å². The fourth-order valence-electron chi connectivity index (χ4n) is 2.95. The van der Waals surface area contributed by atoms with Crippen molar-refractivity contribution in [3.63, 3.8) is 0 Å². The van der Waals surface area contributed by atoms with Gasteiger partial charge in [-0.05, 0) is 37.5 Å². The fraction of sp³-hybridized carbons (Fsp3) is 0.294. The van der Waals surface area contributed by atoms with Gasteiger partial charge < -0.3 is 5.32 Å². The number of hydrogen-bond acceptors (Lipinski definition) is 5. The van der Waals surface area contributed by atoms with E-state index >= 15 is 0 Å². The summed E-state index contributed by atoms with van der Waals surface area (Å²) in [4.78, 5) is 12.7. The second kappa shape index (κ2) is 5.56. The van der Waals surface area contributed by atoms with E-state index in [2.05, 4.69) is 53.4 Å². The van der Waals surface area contributed by atoms with Crippen molar-refractivity contribution in [1.82, 2.24) is 9.97 Å². The Morgan fingerprint density at radius 2 is 2.05 bits per heavy atom. The molecule has 22 heavy (non-hydrogen) atoms. The number of anilines is 1. The molecule has 1 aromatic carbocycles. The fourth-order valence-corrected chi connectivity index (χ4v) is 5.07. The highest BCUT2D eigenvalue weighted by atomic mass is 32.2. The summed E-state index contributed by atoms with van der Waals surface area (Å²) in [6, 6.07) is 9.00. The molecule has 3 aromatic rings. The summed E-state index contributed by atoms with van der Waals surface area (Å²) in [6.07, 6.45) is 2.79. The van der Waals surface area contributed by atoms with Crippen LogP contribution >= 0.6 is 23.1 Å². The van der Waals surface area contributed by atoms with Crippen LogP contribution in [0, 0.1) is 13.8 Å². The van der Waals surface area contributed by atoms with Gasteiger partial charge in [-0.2, -0.15) is 0 Å². The van der Waals surface area contributed by atoms with Gasteiger partial charge in [-0.3, -0.25) is 0 Å². The Morgan fingerprint density at radius 1 is 1.18 bits per heavy atom. The lowest BCUT2D eigenvalue weighted by atomic mass is 10.0. The number of aryl methyl sites for hydroxylation is 2. The third kappa shape index (κ3) is 2.29. The van der Waals surface area contributed by atoms with Crippen LogP contribution in [-0.4, -0.2) is 15.7 Å². The zero-order chi connectivity index (χ0) is 15.1. The Balaban J connectivity index is 1.76. The zero-order valence-corrected chi connectivity index (χ0v) is 14.2. The van der Waals surface area contributed by atoms with E-state index in [-0.39, 0.29) is 0 Å². The van der Waals surface area contributed by atoms with Crippen molar-refractivity contribution in [2.24, 2.45) is 0 Å². The number of benzene rings is 1. The average Bonchev–Trinajstić information content (AvgIpc) is 2.83. The lowest BCUT2D eigenvalue weighted by molar-refractivity contribution is 0.725. The van der Waals surface area contributed by atoms with Gasteiger partial charge in [0.25, 0.3) is 0 Å². The molecular formula is C17H17N3S2. The van der Waals surface area contributed by atoms with Crippen LogP contribution in [0.2, 0.25) is 0 Å². The summed E-state index contributed by atoms with van der Waals surface area (Å²) < 4.78 is 0. The molecule has 5 heteroatoms. The number of thiophene rings is 1. The molecule has 3 nitrogen and oxygen atoms in total. The number of rotatable bonds is 2. The Bertz CT molecular complexity index is 841. The third-order valence-corrected chi connectivity index (χ3v) is 6.47. The largest absolute Gasteiger partial charge is 0.363 e. The van der Waals surface area contributed by atoms with Gasteiger partial charge in [0.2, 0.25) is 0 Å². The molecule has 0 bridgehead atoms. The molecule has 1 N–H and O–H groups in total. The number of fused-ring (bicyclic) bond motifs is 2. The highest BCUT2D eigenvalue weighted by Gasteiger charge is 2.22. The Labute approximate surface area is 138 Å². The third-order valence-electron chi connectivity index (χ3n) is 4.23. The summed E-state index contributed by atoms with van der Waals surface area (Å²) >= 11 is 3.69. The monoisotopic (exact) mass is 327 g/mol. The summed E-state index contributed by atoms with van der Waals surface area (Å²) in [5, 5.41) is 4.86. The van der Waals surface area contributed by atoms with E-state index in [4.69, 9.17) is 0 Å². The van der Waals surface area contributed by atoms with Crippen molar-refractivity contribution in [2.75, 3.05) is 11.1 Å². The van der Waals surface area contributed by atoms with Crippen LogP contribution in [0.5, 0.6) is 0 Å². The Morgan fingerprint density at radius 3 is 2.95 bits per heavy atom. The Kier molecular flexibility index (Phi) is 3.54. The normalized spacial score (nSPS) is 17.5. The number of aromatic nitrogens is 2. The second-order valence-corrected chi connectivity index (χ2v) is 7.90. The molecule has 3 heterocycles. The van der Waals surface area contributed by atoms with Gasteiger partial charge in [-0.25, -0.2) is 9.97 Å². The van der Waals surface area contributed by atoms with Gasteiger partial charge in [-0.1, -0.05) is 18.2 Å². The molecule has 1 aliphatic rings. The van der Waals surface area contributed by atoms with E-state index in [0.717, 1.165) is 22.8 Å². The highest BCUT2D eigenvalue weighted by Crippen LogP contribution is 2.39. The first-order chi connectivity index (χ1) is 10.7. The van der Waals surface area contributed by atoms with Crippen molar-refractivity contribution in [1.29, 1.82) is 0 Å². The topological polar surface area (TPSA) is 37.8 Å². The van der Waals surface area contributed by atoms with Gasteiger partial charge in [0.1, 0.15) is 17.0 Å². The van der Waals surface area contributed by atoms with E-state index < -0.39 is 0 Å². The molecule has 112 valence electrons. The first kappa shape index (κ1) is 14.0. The minimum Gasteiger partial charge on any atom is -0.363 e. The molecule has 4 rings (SSSR count). The lowest BCUT2D eigenvalue weighted by Crippen LogP contribution is -2.17. The van der Waals surface area contributed by atoms with E-state index in [1.165, 1.54) is 26.3 Å². The van der Waals surface area contributed by atoms with Crippen LogP contribution in [0.4, 0.5) is 5.82 Å². The van der Waals surface area contributed by atoms with Crippen molar-refractivity contribution in [3.8, 4) is 0 Å². The molecule has 0 spiro atoms. The maximum atomic E-state index is 4.53.